The van der Waals surface area contributed by atoms with Crippen molar-refractivity contribution in [1.82, 2.24) is 20.5 Å². The van der Waals surface area contributed by atoms with Crippen LogP contribution < -0.4 is 10.6 Å². The van der Waals surface area contributed by atoms with Crippen LogP contribution in [0, 0.1) is 12.3 Å². The van der Waals surface area contributed by atoms with Crippen LogP contribution in [0.4, 0.5) is 0 Å². The summed E-state index contributed by atoms with van der Waals surface area (Å²) < 4.78 is 0. The molecule has 4 atom stereocenters. The number of thiazole rings is 1. The molecule has 3 N–H and O–H groups in total. The molecule has 1 fully saturated rings. The Morgan fingerprint density at radius 3 is 2.56 bits per heavy atom. The molecule has 0 unspecified atom stereocenters. The first-order valence-electron chi connectivity index (χ1n) is 12.6. The van der Waals surface area contributed by atoms with Crippen molar-refractivity contribution in [3.05, 3.63) is 52.8 Å². The fourth-order valence-electron chi connectivity index (χ4n) is 4.72. The highest BCUT2D eigenvalue weighted by Gasteiger charge is 2.44. The minimum absolute atomic E-state index is 0.138. The van der Waals surface area contributed by atoms with Crippen molar-refractivity contribution < 1.29 is 14.7 Å². The molecule has 0 spiro atoms. The van der Waals surface area contributed by atoms with Crippen LogP contribution in [-0.2, 0) is 16.0 Å². The molecule has 2 amide bonds. The molecule has 0 saturated carbocycles. The molecular formula is C28H40N4O3S. The summed E-state index contributed by atoms with van der Waals surface area (Å²) in [5.41, 5.74) is 6.54. The molecular weight excluding hydrogens is 472 g/mol. The summed E-state index contributed by atoms with van der Waals surface area (Å²) in [6.07, 6.45) is 0.347. The number of amides is 2. The first-order valence-corrected chi connectivity index (χ1v) is 13.5. The highest BCUT2D eigenvalue weighted by atomic mass is 32.1. The average Bonchev–Trinajstić information content (AvgIpc) is 3.41. The zero-order valence-corrected chi connectivity index (χ0v) is 23.3. The summed E-state index contributed by atoms with van der Waals surface area (Å²) in [4.78, 5) is 34.0. The second-order valence-corrected chi connectivity index (χ2v) is 11.7. The highest BCUT2D eigenvalue weighted by molar-refractivity contribution is 7.13. The summed E-state index contributed by atoms with van der Waals surface area (Å²) in [6, 6.07) is 4.75. The summed E-state index contributed by atoms with van der Waals surface area (Å²) in [7, 11) is 0. The van der Waals surface area contributed by atoms with Gasteiger partial charge in [0.2, 0.25) is 11.8 Å². The fourth-order valence-corrected chi connectivity index (χ4v) is 5.58. The maximum Gasteiger partial charge on any atom is 0.246 e. The number of carbonyl (C=O) groups is 2. The van der Waals surface area contributed by atoms with Gasteiger partial charge in [-0.15, -0.1) is 11.3 Å². The highest BCUT2D eigenvalue weighted by Crippen LogP contribution is 2.33. The molecule has 0 aliphatic carbocycles. The van der Waals surface area contributed by atoms with E-state index in [1.165, 1.54) is 20.9 Å². The van der Waals surface area contributed by atoms with E-state index in [0.29, 0.717) is 5.70 Å². The number of hydrogen-bond acceptors (Lipinski definition) is 6. The molecule has 196 valence electrons. The Labute approximate surface area is 219 Å². The standard InChI is InChI=1S/C28H40N4O3S/c1-9-19-12-20(10-11-22(19)24-18(5)29-15-36-24)17(4)31-26(34)23-13-21(33)14-32(23)27(35)25(28(6,7)8)30-16(2)3/h10-12,15,17,21,23,25,30,33H,2,9,13-14H2,1,3-8H3,(H,31,34)/t17-,21+,23-,25+/m0/s1. The van der Waals surface area contributed by atoms with E-state index in [1.807, 2.05) is 53.1 Å². The van der Waals surface area contributed by atoms with Crippen molar-refractivity contribution in [1.29, 1.82) is 0 Å². The molecule has 0 bridgehead atoms. The summed E-state index contributed by atoms with van der Waals surface area (Å²) in [6.45, 7) is 17.8. The fraction of sp³-hybridized carbons (Fsp3) is 0.536. The second-order valence-electron chi connectivity index (χ2n) is 10.9. The molecule has 36 heavy (non-hydrogen) atoms. The van der Waals surface area contributed by atoms with Gasteiger partial charge in [0.25, 0.3) is 0 Å². The number of nitrogens with one attached hydrogen (secondary N) is 2. The zero-order valence-electron chi connectivity index (χ0n) is 22.5. The van der Waals surface area contributed by atoms with E-state index < -0.39 is 23.6 Å². The first kappa shape index (κ1) is 27.9. The number of hydrogen-bond donors (Lipinski definition) is 3. The van der Waals surface area contributed by atoms with Crippen LogP contribution in [0.15, 0.2) is 36.0 Å². The lowest BCUT2D eigenvalue weighted by molar-refractivity contribution is -0.142. The molecule has 2 aromatic rings. The van der Waals surface area contributed by atoms with Gasteiger partial charge in [0.15, 0.2) is 0 Å². The lowest BCUT2D eigenvalue weighted by atomic mass is 9.85. The third-order valence-corrected chi connectivity index (χ3v) is 7.69. The number of nitrogens with zero attached hydrogens (tertiary/aromatic N) is 2. The number of aryl methyl sites for hydroxylation is 2. The normalized spacial score (nSPS) is 19.6. The number of carbonyl (C=O) groups excluding carboxylic acids is 2. The molecule has 1 saturated heterocycles. The summed E-state index contributed by atoms with van der Waals surface area (Å²) >= 11 is 1.63. The van der Waals surface area contributed by atoms with Crippen molar-refractivity contribution in [2.24, 2.45) is 5.41 Å². The van der Waals surface area contributed by atoms with Gasteiger partial charge in [-0.2, -0.15) is 0 Å². The molecule has 1 aliphatic heterocycles. The van der Waals surface area contributed by atoms with Gasteiger partial charge >= 0.3 is 0 Å². The van der Waals surface area contributed by atoms with Crippen molar-refractivity contribution in [2.75, 3.05) is 6.54 Å². The van der Waals surface area contributed by atoms with Crippen LogP contribution in [0.25, 0.3) is 10.4 Å². The van der Waals surface area contributed by atoms with E-state index in [0.717, 1.165) is 17.7 Å². The van der Waals surface area contributed by atoms with Crippen LogP contribution in [0.5, 0.6) is 0 Å². The zero-order chi connectivity index (χ0) is 26.8. The van der Waals surface area contributed by atoms with E-state index in [2.05, 4.69) is 41.3 Å². The number of aliphatic hydroxyl groups excluding tert-OH is 1. The Bertz CT molecular complexity index is 1120. The Morgan fingerprint density at radius 1 is 1.31 bits per heavy atom. The monoisotopic (exact) mass is 512 g/mol. The van der Waals surface area contributed by atoms with E-state index in [9.17, 15) is 14.7 Å². The molecule has 7 nitrogen and oxygen atoms in total. The second kappa shape index (κ2) is 11.1. The smallest absolute Gasteiger partial charge is 0.246 e. The minimum Gasteiger partial charge on any atom is -0.391 e. The van der Waals surface area contributed by atoms with E-state index >= 15 is 0 Å². The van der Waals surface area contributed by atoms with E-state index in [1.54, 1.807) is 11.3 Å². The number of benzene rings is 1. The lowest BCUT2D eigenvalue weighted by Crippen LogP contribution is -2.56. The molecule has 1 aromatic heterocycles. The van der Waals surface area contributed by atoms with Crippen molar-refractivity contribution in [2.45, 2.75) is 85.5 Å². The van der Waals surface area contributed by atoms with E-state index in [-0.39, 0.29) is 30.8 Å². The molecule has 8 heteroatoms. The van der Waals surface area contributed by atoms with E-state index in [4.69, 9.17) is 0 Å². The predicted molar refractivity (Wildman–Crippen MR) is 146 cm³/mol. The first-order chi connectivity index (χ1) is 16.8. The van der Waals surface area contributed by atoms with Crippen molar-refractivity contribution in [3.8, 4) is 10.4 Å². The van der Waals surface area contributed by atoms with Gasteiger partial charge in [-0.05, 0) is 49.3 Å². The summed E-state index contributed by atoms with van der Waals surface area (Å²) in [5.74, 6) is -0.455. The third-order valence-electron chi connectivity index (χ3n) is 6.73. The lowest BCUT2D eigenvalue weighted by Gasteiger charge is -2.36. The number of aromatic nitrogens is 1. The van der Waals surface area contributed by atoms with Gasteiger partial charge in [-0.25, -0.2) is 4.98 Å². The van der Waals surface area contributed by atoms with Crippen molar-refractivity contribution >= 4 is 23.2 Å². The average molecular weight is 513 g/mol. The van der Waals surface area contributed by atoms with Gasteiger partial charge in [-0.1, -0.05) is 52.5 Å². The van der Waals surface area contributed by atoms with Gasteiger partial charge in [0.05, 0.1) is 28.2 Å². The SMILES string of the molecule is C=C(C)N[C@H](C(=O)N1C[C@H](O)C[C@H]1C(=O)N[C@@H](C)c1ccc(-c2scnc2C)c(CC)c1)C(C)(C)C. The Hall–Kier alpha value is -2.71. The van der Waals surface area contributed by atoms with Gasteiger partial charge in [0.1, 0.15) is 12.1 Å². The number of aliphatic hydroxyl groups is 1. The van der Waals surface area contributed by atoms with Crippen LogP contribution in [0.3, 0.4) is 0 Å². The van der Waals surface area contributed by atoms with Crippen LogP contribution in [0.1, 0.15) is 70.8 Å². The number of likely N-dealkylation sites (tertiary alicyclic amines) is 1. The Kier molecular flexibility index (Phi) is 8.62. The van der Waals surface area contributed by atoms with Crippen molar-refractivity contribution in [3.63, 3.8) is 0 Å². The van der Waals surface area contributed by atoms with Crippen LogP contribution in [-0.4, -0.2) is 51.5 Å². The topological polar surface area (TPSA) is 94.6 Å². The number of β-amino-alcohol motifs (C(OH)–C–C–N with tert-alkyl or cyclic N) is 1. The Morgan fingerprint density at radius 2 is 2.00 bits per heavy atom. The van der Waals surface area contributed by atoms with Gasteiger partial charge in [-0.3, -0.25) is 9.59 Å². The molecule has 2 heterocycles. The maximum absolute atomic E-state index is 13.5. The maximum atomic E-state index is 13.5. The molecule has 1 aliphatic rings. The predicted octanol–water partition coefficient (Wildman–Crippen LogP) is 4.36. The summed E-state index contributed by atoms with van der Waals surface area (Å²) in [5, 5.41) is 16.6. The molecule has 3 rings (SSSR count). The number of rotatable bonds is 8. The quantitative estimate of drug-likeness (QED) is 0.489. The minimum atomic E-state index is -0.737. The molecule has 1 aromatic carbocycles. The molecule has 0 radical (unpaired) electrons. The largest absolute Gasteiger partial charge is 0.391 e. The third kappa shape index (κ3) is 6.16. The van der Waals surface area contributed by atoms with Gasteiger partial charge < -0.3 is 20.6 Å². The number of allylic oxidation sites excluding steroid dienone is 1. The Balaban J connectivity index is 1.79. The van der Waals surface area contributed by atoms with Crippen LogP contribution >= 0.6 is 11.3 Å². The van der Waals surface area contributed by atoms with Gasteiger partial charge in [0, 0.05) is 18.7 Å². The van der Waals surface area contributed by atoms with Crippen LogP contribution in [0.2, 0.25) is 0 Å².